The van der Waals surface area contributed by atoms with Gasteiger partial charge in [-0.3, -0.25) is 4.79 Å². The van der Waals surface area contributed by atoms with Crippen LogP contribution in [0.3, 0.4) is 0 Å². The Kier molecular flexibility index (Phi) is 4.82. The van der Waals surface area contributed by atoms with Crippen molar-refractivity contribution in [3.63, 3.8) is 0 Å². The lowest BCUT2D eigenvalue weighted by molar-refractivity contribution is -0.141. The quantitative estimate of drug-likeness (QED) is 0.838. The summed E-state index contributed by atoms with van der Waals surface area (Å²) < 4.78 is 0. The Morgan fingerprint density at radius 1 is 1.28 bits per heavy atom. The molecule has 106 valence electrons. The van der Waals surface area contributed by atoms with Gasteiger partial charge in [-0.05, 0) is 30.6 Å². The lowest BCUT2D eigenvalue weighted by Gasteiger charge is -2.34. The number of amides is 1. The molecule has 1 aliphatic rings. The molecule has 0 aromatic heterocycles. The van der Waals surface area contributed by atoms with Crippen LogP contribution in [0.15, 0.2) is 0 Å². The van der Waals surface area contributed by atoms with Crippen LogP contribution in [0, 0.1) is 16.7 Å². The van der Waals surface area contributed by atoms with E-state index in [-0.39, 0.29) is 11.3 Å². The number of carbonyl (C=O) groups excluding carboxylic acids is 1. The molecule has 2 N–H and O–H groups in total. The molecule has 1 fully saturated rings. The molecule has 3 heteroatoms. The summed E-state index contributed by atoms with van der Waals surface area (Å²) in [5, 5.41) is 0. The first-order chi connectivity index (χ1) is 8.30. The van der Waals surface area contributed by atoms with Crippen molar-refractivity contribution in [2.24, 2.45) is 22.5 Å². The number of hydrogen-bond acceptors (Lipinski definition) is 2. The van der Waals surface area contributed by atoms with Gasteiger partial charge in [0.25, 0.3) is 0 Å². The summed E-state index contributed by atoms with van der Waals surface area (Å²) in [4.78, 5) is 14.7. The minimum absolute atomic E-state index is 0.279. The molecule has 1 heterocycles. The Morgan fingerprint density at radius 3 is 2.17 bits per heavy atom. The van der Waals surface area contributed by atoms with Crippen LogP contribution in [0.2, 0.25) is 0 Å². The molecule has 1 saturated heterocycles. The smallest absolute Gasteiger partial charge is 0.230 e. The van der Waals surface area contributed by atoms with Crippen LogP contribution in [0.4, 0.5) is 0 Å². The second-order valence-corrected chi connectivity index (χ2v) is 6.79. The van der Waals surface area contributed by atoms with Crippen LogP contribution in [-0.4, -0.2) is 30.4 Å². The largest absolute Gasteiger partial charge is 0.342 e. The van der Waals surface area contributed by atoms with Gasteiger partial charge in [0.05, 0.1) is 5.41 Å². The Balaban J connectivity index is 2.75. The van der Waals surface area contributed by atoms with Crippen molar-refractivity contribution in [3.05, 3.63) is 0 Å². The van der Waals surface area contributed by atoms with Crippen molar-refractivity contribution in [1.29, 1.82) is 0 Å². The van der Waals surface area contributed by atoms with Crippen LogP contribution < -0.4 is 5.73 Å². The highest BCUT2D eigenvalue weighted by Gasteiger charge is 2.41. The zero-order chi connectivity index (χ0) is 14.0. The Labute approximate surface area is 112 Å². The van der Waals surface area contributed by atoms with Gasteiger partial charge in [-0.25, -0.2) is 0 Å². The van der Waals surface area contributed by atoms with Gasteiger partial charge in [0.2, 0.25) is 5.91 Å². The van der Waals surface area contributed by atoms with E-state index < -0.39 is 0 Å². The topological polar surface area (TPSA) is 46.3 Å². The van der Waals surface area contributed by atoms with Crippen molar-refractivity contribution >= 4 is 5.91 Å². The van der Waals surface area contributed by atoms with E-state index in [2.05, 4.69) is 39.5 Å². The van der Waals surface area contributed by atoms with Crippen LogP contribution in [0.25, 0.3) is 0 Å². The van der Waals surface area contributed by atoms with E-state index >= 15 is 0 Å². The van der Waals surface area contributed by atoms with Crippen LogP contribution in [0.1, 0.15) is 53.9 Å². The molecule has 1 rings (SSSR count). The van der Waals surface area contributed by atoms with Crippen LogP contribution in [-0.2, 0) is 4.79 Å². The predicted molar refractivity (Wildman–Crippen MR) is 76.2 cm³/mol. The maximum absolute atomic E-state index is 12.7. The third-order valence-corrected chi connectivity index (χ3v) is 4.90. The summed E-state index contributed by atoms with van der Waals surface area (Å²) in [5.41, 5.74) is 5.83. The van der Waals surface area contributed by atoms with Crippen LogP contribution in [0.5, 0.6) is 0 Å². The summed E-state index contributed by atoms with van der Waals surface area (Å²) in [5.74, 6) is 0.896. The summed E-state index contributed by atoms with van der Waals surface area (Å²) in [6.07, 6.45) is 2.81. The molecule has 0 bridgehead atoms. The third-order valence-electron chi connectivity index (χ3n) is 4.90. The third kappa shape index (κ3) is 2.87. The molecular formula is C15H30N2O. The van der Waals surface area contributed by atoms with E-state index in [1.54, 1.807) is 0 Å². The zero-order valence-electron chi connectivity index (χ0n) is 12.8. The van der Waals surface area contributed by atoms with Crippen molar-refractivity contribution < 1.29 is 4.79 Å². The highest BCUT2D eigenvalue weighted by molar-refractivity contribution is 5.83. The van der Waals surface area contributed by atoms with Gasteiger partial charge >= 0.3 is 0 Å². The number of rotatable bonds is 4. The van der Waals surface area contributed by atoms with Crippen molar-refractivity contribution in [2.75, 3.05) is 19.6 Å². The fraction of sp³-hybridized carbons (Fsp3) is 0.933. The van der Waals surface area contributed by atoms with E-state index in [9.17, 15) is 4.79 Å². The number of carbonyl (C=O) groups is 1. The van der Waals surface area contributed by atoms with Crippen molar-refractivity contribution in [1.82, 2.24) is 4.90 Å². The van der Waals surface area contributed by atoms with E-state index in [1.807, 2.05) is 0 Å². The second kappa shape index (κ2) is 5.60. The first kappa shape index (κ1) is 15.5. The number of nitrogens with zero attached hydrogens (tertiary/aromatic N) is 1. The minimum Gasteiger partial charge on any atom is -0.342 e. The van der Waals surface area contributed by atoms with Gasteiger partial charge < -0.3 is 10.6 Å². The van der Waals surface area contributed by atoms with E-state index in [0.717, 1.165) is 32.4 Å². The SMILES string of the molecule is CCC(CC)(CN)C(=O)N1CCC(C(C)(C)C)C1. The van der Waals surface area contributed by atoms with E-state index in [4.69, 9.17) is 5.73 Å². The van der Waals surface area contributed by atoms with Gasteiger partial charge in [0, 0.05) is 19.6 Å². The zero-order valence-corrected chi connectivity index (χ0v) is 12.8. The molecule has 0 radical (unpaired) electrons. The molecule has 1 aliphatic heterocycles. The van der Waals surface area contributed by atoms with Gasteiger partial charge in [-0.1, -0.05) is 34.6 Å². The van der Waals surface area contributed by atoms with Crippen molar-refractivity contribution in [2.45, 2.75) is 53.9 Å². The maximum atomic E-state index is 12.7. The van der Waals surface area contributed by atoms with Crippen LogP contribution >= 0.6 is 0 Å². The number of hydrogen-bond donors (Lipinski definition) is 1. The Morgan fingerprint density at radius 2 is 1.83 bits per heavy atom. The monoisotopic (exact) mass is 254 g/mol. The molecule has 18 heavy (non-hydrogen) atoms. The molecule has 0 saturated carbocycles. The fourth-order valence-corrected chi connectivity index (χ4v) is 2.92. The molecule has 1 unspecified atom stereocenters. The number of nitrogens with two attached hydrogens (primary N) is 1. The first-order valence-electron chi connectivity index (χ1n) is 7.30. The summed E-state index contributed by atoms with van der Waals surface area (Å²) in [7, 11) is 0. The summed E-state index contributed by atoms with van der Waals surface area (Å²) >= 11 is 0. The molecular weight excluding hydrogens is 224 g/mol. The molecule has 0 aromatic rings. The average Bonchev–Trinajstić information content (AvgIpc) is 2.80. The van der Waals surface area contributed by atoms with Gasteiger partial charge in [0.15, 0.2) is 0 Å². The molecule has 3 nitrogen and oxygen atoms in total. The lowest BCUT2D eigenvalue weighted by atomic mass is 9.79. The molecule has 1 atom stereocenters. The normalized spacial score (nSPS) is 21.4. The van der Waals surface area contributed by atoms with Gasteiger partial charge in [0.1, 0.15) is 0 Å². The molecule has 0 spiro atoms. The molecule has 0 aliphatic carbocycles. The highest BCUT2D eigenvalue weighted by atomic mass is 16.2. The highest BCUT2D eigenvalue weighted by Crippen LogP contribution is 2.36. The molecule has 1 amide bonds. The Bertz CT molecular complexity index is 281. The summed E-state index contributed by atoms with van der Waals surface area (Å²) in [6, 6.07) is 0. The standard InChI is InChI=1S/C15H30N2O/c1-6-15(7-2,11-16)13(18)17-9-8-12(10-17)14(3,4)5/h12H,6-11,16H2,1-5H3. The van der Waals surface area contributed by atoms with E-state index in [0.29, 0.717) is 17.9 Å². The van der Waals surface area contributed by atoms with Crippen molar-refractivity contribution in [3.8, 4) is 0 Å². The molecule has 0 aromatic carbocycles. The van der Waals surface area contributed by atoms with Gasteiger partial charge in [-0.15, -0.1) is 0 Å². The number of likely N-dealkylation sites (tertiary alicyclic amines) is 1. The summed E-state index contributed by atoms with van der Waals surface area (Å²) in [6.45, 7) is 13.2. The van der Waals surface area contributed by atoms with Gasteiger partial charge in [-0.2, -0.15) is 0 Å². The fourth-order valence-electron chi connectivity index (χ4n) is 2.92. The first-order valence-corrected chi connectivity index (χ1v) is 7.30. The average molecular weight is 254 g/mol. The minimum atomic E-state index is -0.327. The second-order valence-electron chi connectivity index (χ2n) is 6.79. The van der Waals surface area contributed by atoms with E-state index in [1.165, 1.54) is 0 Å². The predicted octanol–water partition coefficient (Wildman–Crippen LogP) is 2.65. The Hall–Kier alpha value is -0.570. The maximum Gasteiger partial charge on any atom is 0.230 e. The lowest BCUT2D eigenvalue weighted by Crippen LogP contribution is -2.47.